The van der Waals surface area contributed by atoms with E-state index in [2.05, 4.69) is 23.5 Å². The molecule has 2 heteroatoms. The summed E-state index contributed by atoms with van der Waals surface area (Å²) in [6.07, 6.45) is 8.80. The van der Waals surface area contributed by atoms with Crippen LogP contribution in [0.1, 0.15) is 44.1 Å². The van der Waals surface area contributed by atoms with Crippen LogP contribution in [0.3, 0.4) is 0 Å². The molecule has 0 aromatic heterocycles. The molecule has 20 heavy (non-hydrogen) atoms. The van der Waals surface area contributed by atoms with Gasteiger partial charge in [0, 0.05) is 12.1 Å². The minimum Gasteiger partial charge on any atom is -0.497 e. The van der Waals surface area contributed by atoms with Gasteiger partial charge in [-0.05, 0) is 74.0 Å². The van der Waals surface area contributed by atoms with Gasteiger partial charge in [0.2, 0.25) is 0 Å². The summed E-state index contributed by atoms with van der Waals surface area (Å²) in [6.45, 7) is 0.989. The van der Waals surface area contributed by atoms with Crippen molar-refractivity contribution in [1.29, 1.82) is 0 Å². The van der Waals surface area contributed by atoms with Crippen molar-refractivity contribution < 1.29 is 4.74 Å². The zero-order valence-electron chi connectivity index (χ0n) is 12.4. The lowest BCUT2D eigenvalue weighted by atomic mass is 9.53. The third-order valence-electron chi connectivity index (χ3n) is 5.84. The second-order valence-corrected chi connectivity index (χ2v) is 7.40. The number of hydrogen-bond acceptors (Lipinski definition) is 2. The Labute approximate surface area is 121 Å². The molecule has 4 bridgehead atoms. The van der Waals surface area contributed by atoms with E-state index in [1.165, 1.54) is 44.1 Å². The van der Waals surface area contributed by atoms with E-state index < -0.39 is 0 Å². The average molecular weight is 271 g/mol. The number of rotatable bonds is 4. The lowest BCUT2D eigenvalue weighted by molar-refractivity contribution is -0.0206. The molecule has 0 saturated heterocycles. The van der Waals surface area contributed by atoms with E-state index in [0.717, 1.165) is 30.0 Å². The molecule has 0 radical (unpaired) electrons. The predicted octanol–water partition coefficient (Wildman–Crippen LogP) is 3.75. The minimum atomic E-state index is 0.456. The third-order valence-corrected chi connectivity index (χ3v) is 5.84. The van der Waals surface area contributed by atoms with E-state index in [0.29, 0.717) is 5.54 Å². The Morgan fingerprint density at radius 3 is 2.35 bits per heavy atom. The molecule has 4 fully saturated rings. The Hall–Kier alpha value is -1.02. The van der Waals surface area contributed by atoms with Gasteiger partial charge in [-0.15, -0.1) is 0 Å². The first-order valence-electron chi connectivity index (χ1n) is 8.13. The first-order valence-corrected chi connectivity index (χ1v) is 8.13. The second-order valence-electron chi connectivity index (χ2n) is 7.40. The molecule has 4 aliphatic carbocycles. The van der Waals surface area contributed by atoms with Gasteiger partial charge in [-0.2, -0.15) is 0 Å². The summed E-state index contributed by atoms with van der Waals surface area (Å²) in [5, 5.41) is 3.94. The van der Waals surface area contributed by atoms with Crippen LogP contribution < -0.4 is 10.1 Å². The van der Waals surface area contributed by atoms with Gasteiger partial charge in [-0.1, -0.05) is 12.1 Å². The summed E-state index contributed by atoms with van der Waals surface area (Å²) < 4.78 is 5.32. The molecule has 108 valence electrons. The van der Waals surface area contributed by atoms with Gasteiger partial charge in [0.05, 0.1) is 7.11 Å². The van der Waals surface area contributed by atoms with Crippen LogP contribution in [0.25, 0.3) is 0 Å². The molecular weight excluding hydrogens is 246 g/mol. The van der Waals surface area contributed by atoms with E-state index in [4.69, 9.17) is 4.74 Å². The smallest absolute Gasteiger partial charge is 0.119 e. The van der Waals surface area contributed by atoms with Crippen molar-refractivity contribution >= 4 is 0 Å². The normalized spacial score (nSPS) is 38.1. The number of methoxy groups -OCH3 is 1. The maximum Gasteiger partial charge on any atom is 0.119 e. The largest absolute Gasteiger partial charge is 0.497 e. The highest BCUT2D eigenvalue weighted by Crippen LogP contribution is 2.55. The third kappa shape index (κ3) is 2.24. The Kier molecular flexibility index (Phi) is 3.03. The average Bonchev–Trinajstić information content (AvgIpc) is 2.44. The first-order chi connectivity index (χ1) is 9.75. The van der Waals surface area contributed by atoms with Crippen LogP contribution in [0.2, 0.25) is 0 Å². The van der Waals surface area contributed by atoms with Gasteiger partial charge >= 0.3 is 0 Å². The molecule has 1 aromatic rings. The standard InChI is InChI=1S/C18H25NO/c1-20-17-4-2-3-13(8-17)12-19-18-9-14-5-15(10-18)7-16(6-14)11-18/h2-4,8,14-16,19H,5-7,9-12H2,1H3. The Morgan fingerprint density at radius 1 is 1.10 bits per heavy atom. The van der Waals surface area contributed by atoms with Crippen molar-refractivity contribution in [3.05, 3.63) is 29.8 Å². The van der Waals surface area contributed by atoms with Crippen molar-refractivity contribution in [2.45, 2.75) is 50.6 Å². The van der Waals surface area contributed by atoms with Crippen LogP contribution in [0.5, 0.6) is 5.75 Å². The van der Waals surface area contributed by atoms with Crippen LogP contribution >= 0.6 is 0 Å². The molecule has 4 aliphatic rings. The quantitative estimate of drug-likeness (QED) is 0.900. The summed E-state index contributed by atoms with van der Waals surface area (Å²) in [5.74, 6) is 4.01. The fourth-order valence-corrected chi connectivity index (χ4v) is 5.40. The fraction of sp³-hybridized carbons (Fsp3) is 0.667. The highest BCUT2D eigenvalue weighted by Gasteiger charge is 2.50. The zero-order valence-corrected chi connectivity index (χ0v) is 12.4. The number of benzene rings is 1. The van der Waals surface area contributed by atoms with E-state index in [1.54, 1.807) is 7.11 Å². The van der Waals surface area contributed by atoms with Crippen molar-refractivity contribution in [3.8, 4) is 5.75 Å². The lowest BCUT2D eigenvalue weighted by Crippen LogP contribution is -2.58. The Morgan fingerprint density at radius 2 is 1.75 bits per heavy atom. The molecule has 0 spiro atoms. The SMILES string of the molecule is COc1cccc(CNC23CC4CC(CC(C4)C2)C3)c1. The van der Waals surface area contributed by atoms with E-state index in [9.17, 15) is 0 Å². The molecule has 5 rings (SSSR count). The molecular formula is C18H25NO. The number of hydrogen-bond donors (Lipinski definition) is 1. The Balaban J connectivity index is 1.46. The molecule has 0 aliphatic heterocycles. The molecule has 0 heterocycles. The minimum absolute atomic E-state index is 0.456. The molecule has 0 atom stereocenters. The summed E-state index contributed by atoms with van der Waals surface area (Å²) in [4.78, 5) is 0. The molecule has 2 nitrogen and oxygen atoms in total. The highest BCUT2D eigenvalue weighted by molar-refractivity contribution is 5.28. The number of ether oxygens (including phenoxy) is 1. The molecule has 1 N–H and O–H groups in total. The fourth-order valence-electron chi connectivity index (χ4n) is 5.40. The van der Waals surface area contributed by atoms with Crippen molar-refractivity contribution in [2.75, 3.05) is 7.11 Å². The maximum atomic E-state index is 5.32. The molecule has 1 aromatic carbocycles. The molecule has 0 amide bonds. The van der Waals surface area contributed by atoms with Gasteiger partial charge in [-0.25, -0.2) is 0 Å². The summed E-state index contributed by atoms with van der Waals surface area (Å²) in [6, 6.07) is 8.48. The van der Waals surface area contributed by atoms with Gasteiger partial charge in [0.1, 0.15) is 5.75 Å². The van der Waals surface area contributed by atoms with Gasteiger partial charge in [0.25, 0.3) is 0 Å². The van der Waals surface area contributed by atoms with Gasteiger partial charge in [-0.3, -0.25) is 0 Å². The van der Waals surface area contributed by atoms with Crippen molar-refractivity contribution in [2.24, 2.45) is 17.8 Å². The van der Waals surface area contributed by atoms with Crippen LogP contribution in [0.15, 0.2) is 24.3 Å². The van der Waals surface area contributed by atoms with E-state index in [-0.39, 0.29) is 0 Å². The monoisotopic (exact) mass is 271 g/mol. The van der Waals surface area contributed by atoms with Crippen LogP contribution in [-0.4, -0.2) is 12.6 Å². The zero-order chi connectivity index (χ0) is 13.6. The topological polar surface area (TPSA) is 21.3 Å². The second kappa shape index (κ2) is 4.77. The molecule has 0 unspecified atom stereocenters. The van der Waals surface area contributed by atoms with Crippen LogP contribution in [-0.2, 0) is 6.54 Å². The number of nitrogens with one attached hydrogen (secondary N) is 1. The van der Waals surface area contributed by atoms with Gasteiger partial charge in [0.15, 0.2) is 0 Å². The van der Waals surface area contributed by atoms with Crippen LogP contribution in [0, 0.1) is 17.8 Å². The maximum absolute atomic E-state index is 5.32. The summed E-state index contributed by atoms with van der Waals surface area (Å²) >= 11 is 0. The summed E-state index contributed by atoms with van der Waals surface area (Å²) in [5.41, 5.74) is 1.80. The predicted molar refractivity (Wildman–Crippen MR) is 80.7 cm³/mol. The van der Waals surface area contributed by atoms with Gasteiger partial charge < -0.3 is 10.1 Å². The first kappa shape index (κ1) is 12.7. The summed E-state index contributed by atoms with van der Waals surface area (Å²) in [7, 11) is 1.74. The highest BCUT2D eigenvalue weighted by atomic mass is 16.5. The van der Waals surface area contributed by atoms with E-state index >= 15 is 0 Å². The van der Waals surface area contributed by atoms with Crippen molar-refractivity contribution in [1.82, 2.24) is 5.32 Å². The Bertz CT molecular complexity index is 461. The lowest BCUT2D eigenvalue weighted by Gasteiger charge is -2.57. The molecule has 4 saturated carbocycles. The van der Waals surface area contributed by atoms with E-state index in [1.807, 2.05) is 6.07 Å². The van der Waals surface area contributed by atoms with Crippen molar-refractivity contribution in [3.63, 3.8) is 0 Å². The van der Waals surface area contributed by atoms with Crippen LogP contribution in [0.4, 0.5) is 0 Å².